The molecular formula is C19H30ClN5O2. The maximum atomic E-state index is 12.2. The van der Waals surface area contributed by atoms with Gasteiger partial charge in [0.25, 0.3) is 0 Å². The number of anilines is 2. The first-order valence-corrected chi connectivity index (χ1v) is 10.1. The van der Waals surface area contributed by atoms with Crippen LogP contribution in [0.15, 0.2) is 6.07 Å². The number of hydrogen-bond donors (Lipinski definition) is 1. The molecule has 2 fully saturated rings. The minimum Gasteiger partial charge on any atom is -0.444 e. The Hall–Kier alpha value is -1.76. The third-order valence-electron chi connectivity index (χ3n) is 5.43. The van der Waals surface area contributed by atoms with Crippen LogP contribution in [0.5, 0.6) is 0 Å². The van der Waals surface area contributed by atoms with Gasteiger partial charge in [0.05, 0.1) is 0 Å². The summed E-state index contributed by atoms with van der Waals surface area (Å²) in [6.07, 6.45) is 4.16. The van der Waals surface area contributed by atoms with Crippen LogP contribution in [0, 0.1) is 11.8 Å². The smallest absolute Gasteiger partial charge is 0.410 e. The van der Waals surface area contributed by atoms with E-state index in [0.29, 0.717) is 17.7 Å². The van der Waals surface area contributed by atoms with E-state index >= 15 is 0 Å². The van der Waals surface area contributed by atoms with E-state index in [9.17, 15) is 4.79 Å². The zero-order chi connectivity index (χ0) is 19.6. The van der Waals surface area contributed by atoms with E-state index in [1.807, 2.05) is 25.7 Å². The second-order valence-electron chi connectivity index (χ2n) is 8.55. The molecule has 1 aromatic rings. The topological polar surface area (TPSA) is 84.6 Å². The van der Waals surface area contributed by atoms with Crippen LogP contribution in [-0.2, 0) is 4.74 Å². The lowest BCUT2D eigenvalue weighted by atomic mass is 9.79. The van der Waals surface area contributed by atoms with Crippen LogP contribution in [0.2, 0.25) is 5.28 Å². The summed E-state index contributed by atoms with van der Waals surface area (Å²) in [6, 6.07) is 1.78. The van der Waals surface area contributed by atoms with Crippen molar-refractivity contribution < 1.29 is 9.53 Å². The third-order valence-corrected chi connectivity index (χ3v) is 5.60. The molecule has 0 spiro atoms. The highest BCUT2D eigenvalue weighted by molar-refractivity contribution is 6.28. The number of ether oxygens (including phenoxy) is 1. The molecular weight excluding hydrogens is 366 g/mol. The monoisotopic (exact) mass is 395 g/mol. The molecule has 0 unspecified atom stereocenters. The number of halogens is 1. The Kier molecular flexibility index (Phi) is 5.99. The lowest BCUT2D eigenvalue weighted by Gasteiger charge is -2.40. The highest BCUT2D eigenvalue weighted by atomic mass is 35.5. The molecule has 3 heterocycles. The number of likely N-dealkylation sites (tertiary alicyclic amines) is 1. The largest absolute Gasteiger partial charge is 0.444 e. The quantitative estimate of drug-likeness (QED) is 0.770. The Morgan fingerprint density at radius 3 is 2.19 bits per heavy atom. The summed E-state index contributed by atoms with van der Waals surface area (Å²) in [4.78, 5) is 24.5. The predicted octanol–water partition coefficient (Wildman–Crippen LogP) is 3.58. The van der Waals surface area contributed by atoms with Gasteiger partial charge in [0.2, 0.25) is 5.28 Å². The van der Waals surface area contributed by atoms with Crippen LogP contribution in [0.25, 0.3) is 0 Å². The van der Waals surface area contributed by atoms with Gasteiger partial charge < -0.3 is 20.3 Å². The third kappa shape index (κ3) is 5.37. The molecule has 7 nitrogen and oxygen atoms in total. The molecule has 8 heteroatoms. The Labute approximate surface area is 166 Å². The summed E-state index contributed by atoms with van der Waals surface area (Å²) in [5, 5.41) is 0.196. The summed E-state index contributed by atoms with van der Waals surface area (Å²) >= 11 is 5.93. The minimum atomic E-state index is -0.436. The molecule has 150 valence electrons. The lowest BCUT2D eigenvalue weighted by Crippen LogP contribution is -2.44. The Morgan fingerprint density at radius 1 is 1.11 bits per heavy atom. The molecule has 1 aromatic heterocycles. The lowest BCUT2D eigenvalue weighted by molar-refractivity contribution is 0.0152. The van der Waals surface area contributed by atoms with Crippen molar-refractivity contribution in [3.05, 3.63) is 11.3 Å². The van der Waals surface area contributed by atoms with E-state index in [1.165, 1.54) is 0 Å². The van der Waals surface area contributed by atoms with Gasteiger partial charge in [0.15, 0.2) is 0 Å². The fourth-order valence-corrected chi connectivity index (χ4v) is 4.25. The summed E-state index contributed by atoms with van der Waals surface area (Å²) in [7, 11) is 0. The number of rotatable bonds is 2. The number of nitrogens with zero attached hydrogens (tertiary/aromatic N) is 4. The Balaban J connectivity index is 1.48. The first-order valence-electron chi connectivity index (χ1n) is 9.74. The molecule has 2 aliphatic heterocycles. The van der Waals surface area contributed by atoms with Crippen LogP contribution in [-0.4, -0.2) is 52.7 Å². The maximum absolute atomic E-state index is 12.2. The number of carbonyl (C=O) groups excluding carboxylic acids is 1. The van der Waals surface area contributed by atoms with Crippen molar-refractivity contribution in [2.24, 2.45) is 11.8 Å². The van der Waals surface area contributed by atoms with Gasteiger partial charge in [-0.05, 0) is 69.9 Å². The normalized spacial score (nSPS) is 20.0. The van der Waals surface area contributed by atoms with E-state index in [2.05, 4.69) is 14.9 Å². The van der Waals surface area contributed by atoms with Crippen molar-refractivity contribution in [2.75, 3.05) is 36.8 Å². The van der Waals surface area contributed by atoms with Crippen LogP contribution >= 0.6 is 11.6 Å². The van der Waals surface area contributed by atoms with E-state index < -0.39 is 5.60 Å². The van der Waals surface area contributed by atoms with Crippen LogP contribution in [0.4, 0.5) is 16.4 Å². The van der Waals surface area contributed by atoms with Crippen molar-refractivity contribution in [2.45, 2.75) is 52.1 Å². The molecule has 0 aromatic carbocycles. The van der Waals surface area contributed by atoms with Crippen molar-refractivity contribution in [1.29, 1.82) is 0 Å². The second kappa shape index (κ2) is 8.09. The van der Waals surface area contributed by atoms with Gasteiger partial charge >= 0.3 is 6.09 Å². The molecule has 0 aliphatic carbocycles. The second-order valence-corrected chi connectivity index (χ2v) is 8.89. The molecule has 0 bridgehead atoms. The van der Waals surface area contributed by atoms with Gasteiger partial charge in [-0.15, -0.1) is 0 Å². The average molecular weight is 396 g/mol. The SMILES string of the molecule is CC(C)(C)OC(=O)N1CCC(C2CCN(c3cc(N)nc(Cl)n3)CC2)CC1. The van der Waals surface area contributed by atoms with Gasteiger partial charge in [0.1, 0.15) is 17.2 Å². The van der Waals surface area contributed by atoms with E-state index in [-0.39, 0.29) is 11.4 Å². The van der Waals surface area contributed by atoms with Crippen LogP contribution < -0.4 is 10.6 Å². The molecule has 0 atom stereocenters. The van der Waals surface area contributed by atoms with E-state index in [4.69, 9.17) is 22.1 Å². The van der Waals surface area contributed by atoms with Gasteiger partial charge in [-0.25, -0.2) is 14.8 Å². The summed E-state index contributed by atoms with van der Waals surface area (Å²) in [5.41, 5.74) is 5.34. The van der Waals surface area contributed by atoms with E-state index in [0.717, 1.165) is 57.7 Å². The zero-order valence-corrected chi connectivity index (χ0v) is 17.2. The molecule has 1 amide bonds. The summed E-state index contributed by atoms with van der Waals surface area (Å²) in [6.45, 7) is 9.20. The number of amides is 1. The molecule has 0 radical (unpaired) electrons. The van der Waals surface area contributed by atoms with Crippen LogP contribution in [0.3, 0.4) is 0 Å². The van der Waals surface area contributed by atoms with Gasteiger partial charge in [0, 0.05) is 32.2 Å². The standard InChI is InChI=1S/C19H30ClN5O2/c1-19(2,3)27-18(26)25-10-6-14(7-11-25)13-4-8-24(9-5-13)16-12-15(21)22-17(20)23-16/h12-14H,4-11H2,1-3H3,(H2,21,22,23). The highest BCUT2D eigenvalue weighted by Crippen LogP contribution is 2.34. The number of nitrogens with two attached hydrogens (primary N) is 1. The number of nitrogen functional groups attached to an aromatic ring is 1. The fourth-order valence-electron chi connectivity index (χ4n) is 4.06. The zero-order valence-electron chi connectivity index (χ0n) is 16.4. The fraction of sp³-hybridized carbons (Fsp3) is 0.737. The van der Waals surface area contributed by atoms with E-state index in [1.54, 1.807) is 6.07 Å². The molecule has 2 N–H and O–H groups in total. The Morgan fingerprint density at radius 2 is 1.67 bits per heavy atom. The van der Waals surface area contributed by atoms with Crippen molar-refractivity contribution in [3.63, 3.8) is 0 Å². The van der Waals surface area contributed by atoms with Gasteiger partial charge in [-0.2, -0.15) is 0 Å². The minimum absolute atomic E-state index is 0.186. The first-order chi connectivity index (χ1) is 12.7. The number of piperidine rings is 2. The molecule has 0 saturated carbocycles. The molecule has 3 rings (SSSR count). The average Bonchev–Trinajstić information content (AvgIpc) is 2.60. The number of carbonyl (C=O) groups is 1. The van der Waals surface area contributed by atoms with Gasteiger partial charge in [-0.1, -0.05) is 0 Å². The first kappa shape index (κ1) is 20.0. The summed E-state index contributed by atoms with van der Waals surface area (Å²) in [5.74, 6) is 2.58. The molecule has 27 heavy (non-hydrogen) atoms. The predicted molar refractivity (Wildman–Crippen MR) is 107 cm³/mol. The van der Waals surface area contributed by atoms with Crippen molar-refractivity contribution in [3.8, 4) is 0 Å². The maximum Gasteiger partial charge on any atom is 0.410 e. The Bertz CT molecular complexity index is 642. The van der Waals surface area contributed by atoms with Crippen molar-refractivity contribution >= 4 is 29.3 Å². The van der Waals surface area contributed by atoms with Crippen LogP contribution in [0.1, 0.15) is 46.5 Å². The highest BCUT2D eigenvalue weighted by Gasteiger charge is 2.32. The molecule has 2 saturated heterocycles. The van der Waals surface area contributed by atoms with Gasteiger partial charge in [-0.3, -0.25) is 0 Å². The number of hydrogen-bond acceptors (Lipinski definition) is 6. The number of aromatic nitrogens is 2. The summed E-state index contributed by atoms with van der Waals surface area (Å²) < 4.78 is 5.49. The molecule has 2 aliphatic rings. The van der Waals surface area contributed by atoms with Crippen molar-refractivity contribution in [1.82, 2.24) is 14.9 Å².